The standard InChI is InChI=1S/C12H25N3O2/c1-2-13-6-4-3-5-7-14-8-10-15(11-9-14)12(16)17/h13H,2-11H2,1H3,(H,16,17). The van der Waals surface area contributed by atoms with Crippen molar-refractivity contribution in [1.82, 2.24) is 15.1 Å². The maximum Gasteiger partial charge on any atom is 0.407 e. The first-order valence-corrected chi connectivity index (χ1v) is 6.65. The Kier molecular flexibility index (Phi) is 6.96. The second-order valence-corrected chi connectivity index (χ2v) is 4.53. The lowest BCUT2D eigenvalue weighted by Gasteiger charge is -2.33. The molecule has 0 aliphatic carbocycles. The van der Waals surface area contributed by atoms with E-state index in [1.54, 1.807) is 0 Å². The van der Waals surface area contributed by atoms with Gasteiger partial charge in [0.15, 0.2) is 0 Å². The number of rotatable bonds is 7. The molecule has 1 saturated heterocycles. The molecule has 17 heavy (non-hydrogen) atoms. The predicted octanol–water partition coefficient (Wildman–Crippen LogP) is 1.06. The second kappa shape index (κ2) is 8.31. The van der Waals surface area contributed by atoms with Crippen LogP contribution in [0.25, 0.3) is 0 Å². The third-order valence-corrected chi connectivity index (χ3v) is 3.22. The average Bonchev–Trinajstić information content (AvgIpc) is 2.34. The van der Waals surface area contributed by atoms with Crippen LogP contribution in [-0.4, -0.2) is 66.8 Å². The molecule has 0 aromatic heterocycles. The summed E-state index contributed by atoms with van der Waals surface area (Å²) in [5, 5.41) is 12.1. The van der Waals surface area contributed by atoms with Gasteiger partial charge in [-0.2, -0.15) is 0 Å². The lowest BCUT2D eigenvalue weighted by atomic mass is 10.2. The molecule has 0 atom stereocenters. The van der Waals surface area contributed by atoms with Crippen LogP contribution < -0.4 is 5.32 Å². The molecule has 0 bridgehead atoms. The molecule has 5 nitrogen and oxygen atoms in total. The summed E-state index contributed by atoms with van der Waals surface area (Å²) >= 11 is 0. The molecule has 2 N–H and O–H groups in total. The summed E-state index contributed by atoms with van der Waals surface area (Å²) < 4.78 is 0. The topological polar surface area (TPSA) is 55.8 Å². The van der Waals surface area contributed by atoms with Gasteiger partial charge < -0.3 is 15.3 Å². The third kappa shape index (κ3) is 5.89. The molecule has 1 heterocycles. The van der Waals surface area contributed by atoms with E-state index in [1.807, 2.05) is 0 Å². The predicted molar refractivity (Wildman–Crippen MR) is 68.4 cm³/mol. The van der Waals surface area contributed by atoms with Crippen LogP contribution in [-0.2, 0) is 0 Å². The summed E-state index contributed by atoms with van der Waals surface area (Å²) in [7, 11) is 0. The highest BCUT2D eigenvalue weighted by Gasteiger charge is 2.19. The fourth-order valence-corrected chi connectivity index (χ4v) is 2.10. The molecule has 0 saturated carbocycles. The van der Waals surface area contributed by atoms with Gasteiger partial charge in [0, 0.05) is 26.2 Å². The number of hydrogen-bond donors (Lipinski definition) is 2. The SMILES string of the molecule is CCNCCCCCN1CCN(C(=O)O)CC1. The van der Waals surface area contributed by atoms with Crippen LogP contribution in [0.4, 0.5) is 4.79 Å². The van der Waals surface area contributed by atoms with E-state index in [0.717, 1.165) is 32.7 Å². The van der Waals surface area contributed by atoms with Gasteiger partial charge in [-0.05, 0) is 32.5 Å². The van der Waals surface area contributed by atoms with Crippen molar-refractivity contribution in [3.05, 3.63) is 0 Å². The van der Waals surface area contributed by atoms with Gasteiger partial charge in [-0.25, -0.2) is 4.79 Å². The van der Waals surface area contributed by atoms with Crippen LogP contribution in [0.5, 0.6) is 0 Å². The van der Waals surface area contributed by atoms with E-state index in [-0.39, 0.29) is 0 Å². The molecule has 5 heteroatoms. The van der Waals surface area contributed by atoms with Crippen molar-refractivity contribution in [2.75, 3.05) is 45.8 Å². The van der Waals surface area contributed by atoms with Crippen molar-refractivity contribution < 1.29 is 9.90 Å². The summed E-state index contributed by atoms with van der Waals surface area (Å²) in [6, 6.07) is 0. The van der Waals surface area contributed by atoms with Crippen LogP contribution >= 0.6 is 0 Å². The molecule has 0 radical (unpaired) electrons. The fourth-order valence-electron chi connectivity index (χ4n) is 2.10. The quantitative estimate of drug-likeness (QED) is 0.657. The van der Waals surface area contributed by atoms with Crippen molar-refractivity contribution >= 4 is 6.09 Å². The molecule has 0 unspecified atom stereocenters. The lowest BCUT2D eigenvalue weighted by Crippen LogP contribution is -2.48. The molecule has 1 fully saturated rings. The van der Waals surface area contributed by atoms with Gasteiger partial charge in [0.05, 0.1) is 0 Å². The number of piperazine rings is 1. The Labute approximate surface area is 104 Å². The molecule has 1 amide bonds. The van der Waals surface area contributed by atoms with Crippen molar-refractivity contribution in [3.63, 3.8) is 0 Å². The zero-order valence-electron chi connectivity index (χ0n) is 10.8. The number of nitrogens with zero attached hydrogens (tertiary/aromatic N) is 2. The molecule has 1 aliphatic heterocycles. The Morgan fingerprint density at radius 1 is 1.18 bits per heavy atom. The number of amides is 1. The molecule has 100 valence electrons. The molecule has 1 rings (SSSR count). The highest BCUT2D eigenvalue weighted by atomic mass is 16.4. The number of carbonyl (C=O) groups is 1. The monoisotopic (exact) mass is 243 g/mol. The Balaban J connectivity index is 1.97. The lowest BCUT2D eigenvalue weighted by molar-refractivity contribution is 0.105. The first kappa shape index (κ1) is 14.3. The molecular formula is C12H25N3O2. The minimum Gasteiger partial charge on any atom is -0.465 e. The summed E-state index contributed by atoms with van der Waals surface area (Å²) in [4.78, 5) is 14.6. The van der Waals surface area contributed by atoms with Gasteiger partial charge in [0.25, 0.3) is 0 Å². The van der Waals surface area contributed by atoms with Crippen molar-refractivity contribution in [1.29, 1.82) is 0 Å². The minimum atomic E-state index is -0.782. The zero-order valence-corrected chi connectivity index (χ0v) is 10.8. The maximum absolute atomic E-state index is 10.7. The number of nitrogens with one attached hydrogen (secondary N) is 1. The molecule has 0 spiro atoms. The van der Waals surface area contributed by atoms with Crippen LogP contribution in [0.15, 0.2) is 0 Å². The molecular weight excluding hydrogens is 218 g/mol. The van der Waals surface area contributed by atoms with E-state index in [4.69, 9.17) is 5.11 Å². The summed E-state index contributed by atoms with van der Waals surface area (Å²) in [6.45, 7) is 8.50. The number of hydrogen-bond acceptors (Lipinski definition) is 3. The average molecular weight is 243 g/mol. The van der Waals surface area contributed by atoms with E-state index >= 15 is 0 Å². The fraction of sp³-hybridized carbons (Fsp3) is 0.917. The Bertz CT molecular complexity index is 216. The van der Waals surface area contributed by atoms with Gasteiger partial charge in [0.1, 0.15) is 0 Å². The zero-order chi connectivity index (χ0) is 12.5. The third-order valence-electron chi connectivity index (χ3n) is 3.22. The Hall–Kier alpha value is -0.810. The van der Waals surface area contributed by atoms with E-state index in [1.165, 1.54) is 24.2 Å². The van der Waals surface area contributed by atoms with E-state index < -0.39 is 6.09 Å². The van der Waals surface area contributed by atoms with Crippen molar-refractivity contribution in [2.24, 2.45) is 0 Å². The first-order chi connectivity index (χ1) is 8.24. The number of carboxylic acid groups (broad SMARTS) is 1. The Morgan fingerprint density at radius 2 is 1.88 bits per heavy atom. The second-order valence-electron chi connectivity index (χ2n) is 4.53. The largest absolute Gasteiger partial charge is 0.465 e. The van der Waals surface area contributed by atoms with Crippen LogP contribution in [0, 0.1) is 0 Å². The summed E-state index contributed by atoms with van der Waals surface area (Å²) in [5.41, 5.74) is 0. The van der Waals surface area contributed by atoms with E-state index in [0.29, 0.717) is 13.1 Å². The highest BCUT2D eigenvalue weighted by molar-refractivity contribution is 5.65. The molecule has 0 aromatic carbocycles. The van der Waals surface area contributed by atoms with Crippen molar-refractivity contribution in [2.45, 2.75) is 26.2 Å². The normalized spacial score (nSPS) is 17.4. The van der Waals surface area contributed by atoms with Crippen LogP contribution in [0.2, 0.25) is 0 Å². The van der Waals surface area contributed by atoms with E-state index in [9.17, 15) is 4.79 Å². The molecule has 0 aromatic rings. The maximum atomic E-state index is 10.7. The smallest absolute Gasteiger partial charge is 0.407 e. The van der Waals surface area contributed by atoms with Gasteiger partial charge in [0.2, 0.25) is 0 Å². The van der Waals surface area contributed by atoms with Crippen LogP contribution in [0.1, 0.15) is 26.2 Å². The first-order valence-electron chi connectivity index (χ1n) is 6.65. The Morgan fingerprint density at radius 3 is 2.47 bits per heavy atom. The van der Waals surface area contributed by atoms with Crippen LogP contribution in [0.3, 0.4) is 0 Å². The van der Waals surface area contributed by atoms with Gasteiger partial charge in [-0.3, -0.25) is 4.90 Å². The van der Waals surface area contributed by atoms with Gasteiger partial charge in [-0.15, -0.1) is 0 Å². The van der Waals surface area contributed by atoms with Gasteiger partial charge in [-0.1, -0.05) is 13.3 Å². The summed E-state index contributed by atoms with van der Waals surface area (Å²) in [5.74, 6) is 0. The van der Waals surface area contributed by atoms with E-state index in [2.05, 4.69) is 17.1 Å². The number of unbranched alkanes of at least 4 members (excludes halogenated alkanes) is 2. The van der Waals surface area contributed by atoms with Crippen molar-refractivity contribution in [3.8, 4) is 0 Å². The van der Waals surface area contributed by atoms with Gasteiger partial charge >= 0.3 is 6.09 Å². The minimum absolute atomic E-state index is 0.659. The summed E-state index contributed by atoms with van der Waals surface area (Å²) in [6.07, 6.45) is 2.93. The molecule has 1 aliphatic rings. The highest BCUT2D eigenvalue weighted by Crippen LogP contribution is 2.04.